The molecule has 1 aromatic rings. The van der Waals surface area contributed by atoms with Gasteiger partial charge in [-0.15, -0.1) is 9.24 Å². The van der Waals surface area contributed by atoms with Crippen LogP contribution in [-0.4, -0.2) is 11.9 Å². The second kappa shape index (κ2) is 4.90. The number of aryl methyl sites for hydroxylation is 2. The Bertz CT molecular complexity index is 394. The summed E-state index contributed by atoms with van der Waals surface area (Å²) in [5, 5.41) is 0. The van der Waals surface area contributed by atoms with Crippen molar-refractivity contribution in [2.45, 2.75) is 34.1 Å². The van der Waals surface area contributed by atoms with E-state index in [0.717, 1.165) is 22.9 Å². The molecule has 0 aliphatic carbocycles. The maximum Gasteiger partial charge on any atom is 0.163 e. The van der Waals surface area contributed by atoms with E-state index in [4.69, 9.17) is 0 Å². The largest absolute Gasteiger partial charge is 0.294 e. The molecule has 0 saturated heterocycles. The van der Waals surface area contributed by atoms with Crippen LogP contribution in [0.25, 0.3) is 0 Å². The number of ketones is 1. The highest BCUT2D eigenvalue weighted by Gasteiger charge is 2.14. The van der Waals surface area contributed by atoms with E-state index in [9.17, 15) is 4.79 Å². The van der Waals surface area contributed by atoms with Gasteiger partial charge in [-0.05, 0) is 56.1 Å². The quantitative estimate of drug-likeness (QED) is 0.566. The minimum atomic E-state index is 0.267. The van der Waals surface area contributed by atoms with Crippen molar-refractivity contribution in [1.82, 2.24) is 0 Å². The molecular formula is C13H19OP. The lowest BCUT2D eigenvalue weighted by molar-refractivity contribution is 0.0988. The fourth-order valence-electron chi connectivity index (χ4n) is 1.97. The van der Waals surface area contributed by atoms with Gasteiger partial charge in [0.15, 0.2) is 5.78 Å². The Hall–Kier alpha value is -0.680. The third kappa shape index (κ3) is 2.46. The molecule has 0 spiro atoms. The number of Topliss-reactive ketones (excluding diaryl/α,β-unsaturated/α-hetero) is 1. The highest BCUT2D eigenvalue weighted by atomic mass is 31.0. The average molecular weight is 222 g/mol. The van der Waals surface area contributed by atoms with Gasteiger partial charge in [0.1, 0.15) is 0 Å². The maximum atomic E-state index is 11.9. The number of carbonyl (C=O) groups excluding carboxylic acids is 1. The van der Waals surface area contributed by atoms with E-state index in [2.05, 4.69) is 29.2 Å². The molecule has 82 valence electrons. The van der Waals surface area contributed by atoms with Crippen molar-refractivity contribution in [3.8, 4) is 0 Å². The lowest BCUT2D eigenvalue weighted by atomic mass is 9.91. The summed E-state index contributed by atoms with van der Waals surface area (Å²) >= 11 is 0. The summed E-state index contributed by atoms with van der Waals surface area (Å²) in [6.45, 7) is 8.25. The molecule has 2 heteroatoms. The number of benzene rings is 1. The van der Waals surface area contributed by atoms with Gasteiger partial charge >= 0.3 is 0 Å². The van der Waals surface area contributed by atoms with Gasteiger partial charge in [0.25, 0.3) is 0 Å². The number of hydrogen-bond donors (Lipinski definition) is 0. The van der Waals surface area contributed by atoms with Gasteiger partial charge in [0.2, 0.25) is 0 Å². The number of rotatable bonds is 3. The van der Waals surface area contributed by atoms with Crippen molar-refractivity contribution < 1.29 is 4.79 Å². The Labute approximate surface area is 94.5 Å². The zero-order chi connectivity index (χ0) is 11.6. The molecule has 0 N–H and O–H groups in total. The van der Waals surface area contributed by atoms with Crippen molar-refractivity contribution in [3.05, 3.63) is 33.9 Å². The van der Waals surface area contributed by atoms with Crippen molar-refractivity contribution in [2.75, 3.05) is 6.16 Å². The molecular weight excluding hydrogens is 203 g/mol. The molecule has 1 nitrogen and oxygen atoms in total. The summed E-state index contributed by atoms with van der Waals surface area (Å²) < 4.78 is 0. The van der Waals surface area contributed by atoms with Crippen LogP contribution in [0.2, 0.25) is 0 Å². The molecule has 0 radical (unpaired) electrons. The van der Waals surface area contributed by atoms with Crippen molar-refractivity contribution >= 4 is 15.0 Å². The van der Waals surface area contributed by atoms with Crippen LogP contribution in [0.1, 0.15) is 39.0 Å². The Morgan fingerprint density at radius 1 is 1.13 bits per heavy atom. The third-order valence-electron chi connectivity index (χ3n) is 3.01. The van der Waals surface area contributed by atoms with E-state index >= 15 is 0 Å². The lowest BCUT2D eigenvalue weighted by Gasteiger charge is -2.13. The lowest BCUT2D eigenvalue weighted by Crippen LogP contribution is -2.07. The Balaban J connectivity index is 3.29. The van der Waals surface area contributed by atoms with E-state index in [1.165, 1.54) is 11.1 Å². The van der Waals surface area contributed by atoms with E-state index in [0.29, 0.717) is 6.42 Å². The minimum absolute atomic E-state index is 0.267. The second-order valence-corrected chi connectivity index (χ2v) is 4.67. The van der Waals surface area contributed by atoms with Crippen LogP contribution in [0.5, 0.6) is 0 Å². The zero-order valence-corrected chi connectivity index (χ0v) is 11.1. The minimum Gasteiger partial charge on any atom is -0.294 e. The zero-order valence-electron chi connectivity index (χ0n) is 9.98. The van der Waals surface area contributed by atoms with Crippen LogP contribution >= 0.6 is 9.24 Å². The molecule has 0 aliphatic heterocycles. The van der Waals surface area contributed by atoms with Gasteiger partial charge in [0, 0.05) is 12.0 Å². The molecule has 0 amide bonds. The Morgan fingerprint density at radius 3 is 2.27 bits per heavy atom. The highest BCUT2D eigenvalue weighted by molar-refractivity contribution is 7.16. The van der Waals surface area contributed by atoms with Gasteiger partial charge < -0.3 is 0 Å². The molecule has 0 fully saturated rings. The monoisotopic (exact) mass is 222 g/mol. The number of hydrogen-bond acceptors (Lipinski definition) is 1. The molecule has 0 bridgehead atoms. The van der Waals surface area contributed by atoms with Crippen molar-refractivity contribution in [3.63, 3.8) is 0 Å². The predicted octanol–water partition coefficient (Wildman–Crippen LogP) is 3.37. The van der Waals surface area contributed by atoms with E-state index in [1.807, 2.05) is 13.8 Å². The Kier molecular flexibility index (Phi) is 4.04. The molecule has 0 saturated carbocycles. The summed E-state index contributed by atoms with van der Waals surface area (Å²) in [5.41, 5.74) is 5.70. The summed E-state index contributed by atoms with van der Waals surface area (Å²) in [4.78, 5) is 11.9. The smallest absolute Gasteiger partial charge is 0.163 e. The standard InChI is InChI=1S/C13H19OP/c1-8-7-9(2)13(11(4)10(8)3)12(14)5-6-15/h7H,5-6,15H2,1-4H3. The van der Waals surface area contributed by atoms with Gasteiger partial charge in [-0.25, -0.2) is 0 Å². The number of carbonyl (C=O) groups is 1. The van der Waals surface area contributed by atoms with Crippen molar-refractivity contribution in [2.24, 2.45) is 0 Å². The SMILES string of the molecule is Cc1cc(C)c(C(=O)CCP)c(C)c1C. The third-order valence-corrected chi connectivity index (χ3v) is 3.30. The first-order chi connectivity index (χ1) is 6.99. The van der Waals surface area contributed by atoms with Gasteiger partial charge in [-0.3, -0.25) is 4.79 Å². The fourth-order valence-corrected chi connectivity index (χ4v) is 2.23. The molecule has 0 aromatic heterocycles. The molecule has 1 rings (SSSR count). The maximum absolute atomic E-state index is 11.9. The topological polar surface area (TPSA) is 17.1 Å². The van der Waals surface area contributed by atoms with Crippen LogP contribution in [0.4, 0.5) is 0 Å². The first-order valence-corrected chi connectivity index (χ1v) is 6.11. The summed E-state index contributed by atoms with van der Waals surface area (Å²) in [5.74, 6) is 0.267. The summed E-state index contributed by atoms with van der Waals surface area (Å²) in [6.07, 6.45) is 1.46. The van der Waals surface area contributed by atoms with Crippen molar-refractivity contribution in [1.29, 1.82) is 0 Å². The molecule has 1 aromatic carbocycles. The summed E-state index contributed by atoms with van der Waals surface area (Å²) in [6, 6.07) is 2.11. The van der Waals surface area contributed by atoms with E-state index in [-0.39, 0.29) is 5.78 Å². The second-order valence-electron chi connectivity index (χ2n) is 4.10. The highest BCUT2D eigenvalue weighted by Crippen LogP contribution is 2.22. The summed E-state index contributed by atoms with van der Waals surface area (Å²) in [7, 11) is 2.61. The van der Waals surface area contributed by atoms with Gasteiger partial charge in [-0.2, -0.15) is 0 Å². The molecule has 1 atom stereocenters. The van der Waals surface area contributed by atoms with Crippen LogP contribution in [0.3, 0.4) is 0 Å². The van der Waals surface area contributed by atoms with Crippen LogP contribution in [0.15, 0.2) is 6.07 Å². The first-order valence-electron chi connectivity index (χ1n) is 5.29. The van der Waals surface area contributed by atoms with Crippen LogP contribution in [0, 0.1) is 27.7 Å². The van der Waals surface area contributed by atoms with E-state index < -0.39 is 0 Å². The molecule has 0 aliphatic rings. The van der Waals surface area contributed by atoms with Crippen LogP contribution in [-0.2, 0) is 0 Å². The van der Waals surface area contributed by atoms with E-state index in [1.54, 1.807) is 0 Å². The molecule has 0 heterocycles. The molecule has 15 heavy (non-hydrogen) atoms. The normalized spacial score (nSPS) is 10.5. The molecule has 1 unspecified atom stereocenters. The predicted molar refractivity (Wildman–Crippen MR) is 68.9 cm³/mol. The fraction of sp³-hybridized carbons (Fsp3) is 0.462. The van der Waals surface area contributed by atoms with Gasteiger partial charge in [0.05, 0.1) is 0 Å². The Morgan fingerprint density at radius 2 is 1.73 bits per heavy atom. The first kappa shape index (κ1) is 12.4. The van der Waals surface area contributed by atoms with Crippen LogP contribution < -0.4 is 0 Å². The van der Waals surface area contributed by atoms with Gasteiger partial charge in [-0.1, -0.05) is 6.07 Å². The average Bonchev–Trinajstić information content (AvgIpc) is 2.15.